The average molecular weight is 322 g/mol. The number of imidazole rings is 1. The molecular weight excluding hydrogens is 280 g/mol. The molecule has 0 amide bonds. The monoisotopic (exact) mass is 321 g/mol. The molecule has 2 nitrogen and oxygen atoms in total. The fraction of sp³-hybridized carbons (Fsp3) is 0.857. The van der Waals surface area contributed by atoms with Gasteiger partial charge < -0.3 is 0 Å². The van der Waals surface area contributed by atoms with Crippen LogP contribution < -0.4 is 4.57 Å². The summed E-state index contributed by atoms with van der Waals surface area (Å²) in [4.78, 5) is 0. The Kier molecular flexibility index (Phi) is 10.3. The molecule has 0 bridgehead atoms. The van der Waals surface area contributed by atoms with Crippen LogP contribution in [0.1, 0.15) is 97.9 Å². The maximum Gasteiger partial charge on any atom is 0.243 e. The van der Waals surface area contributed by atoms with Crippen LogP contribution in [0.5, 0.6) is 0 Å². The Balaban J connectivity index is 2.39. The fourth-order valence-electron chi connectivity index (χ4n) is 3.43. The third-order valence-electron chi connectivity index (χ3n) is 5.07. The van der Waals surface area contributed by atoms with Gasteiger partial charge in [0.15, 0.2) is 0 Å². The van der Waals surface area contributed by atoms with E-state index in [0.717, 1.165) is 11.8 Å². The second kappa shape index (κ2) is 11.7. The van der Waals surface area contributed by atoms with Gasteiger partial charge in [-0.05, 0) is 37.5 Å². The highest BCUT2D eigenvalue weighted by Crippen LogP contribution is 2.25. The van der Waals surface area contributed by atoms with Gasteiger partial charge in [-0.15, -0.1) is 0 Å². The molecule has 0 saturated heterocycles. The molecule has 0 aromatic carbocycles. The molecule has 0 radical (unpaired) electrons. The largest absolute Gasteiger partial charge is 0.243 e. The first-order chi connectivity index (χ1) is 11.0. The van der Waals surface area contributed by atoms with Crippen molar-refractivity contribution in [1.82, 2.24) is 4.57 Å². The lowest BCUT2D eigenvalue weighted by Crippen LogP contribution is -2.24. The summed E-state index contributed by atoms with van der Waals surface area (Å²) >= 11 is 0. The van der Waals surface area contributed by atoms with E-state index >= 15 is 0 Å². The molecule has 1 aromatic rings. The van der Waals surface area contributed by atoms with Crippen molar-refractivity contribution in [3.8, 4) is 0 Å². The van der Waals surface area contributed by atoms with Gasteiger partial charge >= 0.3 is 0 Å². The summed E-state index contributed by atoms with van der Waals surface area (Å²) in [6.45, 7) is 9.42. The summed E-state index contributed by atoms with van der Waals surface area (Å²) in [5.41, 5.74) is 0. The lowest BCUT2D eigenvalue weighted by Gasteiger charge is -2.17. The van der Waals surface area contributed by atoms with Crippen LogP contribution in [0.3, 0.4) is 0 Å². The predicted octanol–water partition coefficient (Wildman–Crippen LogP) is 6.07. The highest BCUT2D eigenvalue weighted by atomic mass is 15.1. The van der Waals surface area contributed by atoms with E-state index in [-0.39, 0.29) is 0 Å². The van der Waals surface area contributed by atoms with Gasteiger partial charge in [0.2, 0.25) is 6.33 Å². The Morgan fingerprint density at radius 1 is 0.870 bits per heavy atom. The fourth-order valence-corrected chi connectivity index (χ4v) is 3.43. The van der Waals surface area contributed by atoms with E-state index in [4.69, 9.17) is 0 Å². The van der Waals surface area contributed by atoms with Crippen molar-refractivity contribution in [3.05, 3.63) is 18.7 Å². The maximum absolute atomic E-state index is 2.45. The molecule has 0 fully saturated rings. The van der Waals surface area contributed by atoms with E-state index in [1.54, 1.807) is 0 Å². The van der Waals surface area contributed by atoms with Gasteiger partial charge in [0, 0.05) is 0 Å². The first-order valence-electron chi connectivity index (χ1n) is 10.1. The van der Waals surface area contributed by atoms with E-state index in [2.05, 4.69) is 62.6 Å². The molecule has 134 valence electrons. The SMILES string of the molecule is CCCCCCC(CCC(C)CCCC(C)C)n1cc[n+](C)c1. The van der Waals surface area contributed by atoms with E-state index in [1.807, 2.05) is 0 Å². The van der Waals surface area contributed by atoms with Crippen molar-refractivity contribution in [2.75, 3.05) is 0 Å². The molecule has 0 aliphatic carbocycles. The molecule has 1 heterocycles. The Morgan fingerprint density at radius 2 is 1.65 bits per heavy atom. The van der Waals surface area contributed by atoms with Gasteiger partial charge in [0.25, 0.3) is 0 Å². The standard InChI is InChI=1S/C21H41N2/c1-6-7-8-9-13-21(23-17-16-22(5)18-23)15-14-20(4)12-10-11-19(2)3/h16-21H,6-15H2,1-5H3/q+1. The Hall–Kier alpha value is -0.790. The molecule has 0 spiro atoms. The number of aromatic nitrogens is 2. The number of unbranched alkanes of at least 4 members (excludes halogenated alkanes) is 3. The smallest absolute Gasteiger partial charge is 0.240 e. The summed E-state index contributed by atoms with van der Waals surface area (Å²) < 4.78 is 4.62. The predicted molar refractivity (Wildman–Crippen MR) is 100 cm³/mol. The van der Waals surface area contributed by atoms with Gasteiger partial charge in [0.1, 0.15) is 18.4 Å². The van der Waals surface area contributed by atoms with Crippen LogP contribution >= 0.6 is 0 Å². The molecule has 1 aromatic heterocycles. The van der Waals surface area contributed by atoms with Crippen LogP contribution in [0.15, 0.2) is 18.7 Å². The zero-order chi connectivity index (χ0) is 17.1. The Morgan fingerprint density at radius 3 is 2.26 bits per heavy atom. The second-order valence-corrected chi connectivity index (χ2v) is 8.04. The van der Waals surface area contributed by atoms with E-state index in [0.29, 0.717) is 6.04 Å². The Labute approximate surface area is 145 Å². The minimum absolute atomic E-state index is 0.695. The molecule has 0 saturated carbocycles. The highest BCUT2D eigenvalue weighted by molar-refractivity contribution is 4.76. The van der Waals surface area contributed by atoms with Crippen LogP contribution in [-0.4, -0.2) is 4.57 Å². The summed E-state index contributed by atoms with van der Waals surface area (Å²) in [6, 6.07) is 0.695. The first-order valence-corrected chi connectivity index (χ1v) is 10.1. The summed E-state index contributed by atoms with van der Waals surface area (Å²) in [7, 11) is 2.12. The zero-order valence-electron chi connectivity index (χ0n) is 16.4. The lowest BCUT2D eigenvalue weighted by molar-refractivity contribution is -0.671. The molecule has 2 atom stereocenters. The minimum atomic E-state index is 0.695. The highest BCUT2D eigenvalue weighted by Gasteiger charge is 2.17. The maximum atomic E-state index is 2.45. The Bertz CT molecular complexity index is 394. The number of hydrogen-bond acceptors (Lipinski definition) is 0. The van der Waals surface area contributed by atoms with Gasteiger partial charge in [-0.1, -0.05) is 66.2 Å². The first kappa shape index (κ1) is 20.3. The number of hydrogen-bond donors (Lipinski definition) is 0. The van der Waals surface area contributed by atoms with Crippen molar-refractivity contribution in [3.63, 3.8) is 0 Å². The van der Waals surface area contributed by atoms with Crippen molar-refractivity contribution >= 4 is 0 Å². The van der Waals surface area contributed by atoms with Crippen LogP contribution in [-0.2, 0) is 7.05 Å². The summed E-state index contributed by atoms with van der Waals surface area (Å²) in [6.07, 6.45) is 20.4. The molecular formula is C21H41N2+. The van der Waals surface area contributed by atoms with Gasteiger partial charge in [-0.25, -0.2) is 9.13 Å². The third-order valence-corrected chi connectivity index (χ3v) is 5.07. The molecule has 23 heavy (non-hydrogen) atoms. The number of rotatable bonds is 13. The molecule has 2 heteroatoms. The molecule has 0 aliphatic rings. The van der Waals surface area contributed by atoms with Gasteiger partial charge in [-0.3, -0.25) is 0 Å². The molecule has 2 unspecified atom stereocenters. The van der Waals surface area contributed by atoms with Crippen molar-refractivity contribution in [2.45, 2.75) is 97.9 Å². The normalized spacial score (nSPS) is 14.3. The second-order valence-electron chi connectivity index (χ2n) is 8.04. The summed E-state index contributed by atoms with van der Waals surface area (Å²) in [5, 5.41) is 0. The molecule has 0 N–H and O–H groups in total. The third kappa shape index (κ3) is 9.17. The van der Waals surface area contributed by atoms with E-state index in [9.17, 15) is 0 Å². The van der Waals surface area contributed by atoms with Crippen molar-refractivity contribution in [1.29, 1.82) is 0 Å². The van der Waals surface area contributed by atoms with Crippen LogP contribution in [0.25, 0.3) is 0 Å². The number of nitrogens with zero attached hydrogens (tertiary/aromatic N) is 2. The van der Waals surface area contributed by atoms with E-state index in [1.165, 1.54) is 64.2 Å². The van der Waals surface area contributed by atoms with Gasteiger partial charge in [0.05, 0.1) is 7.05 Å². The topological polar surface area (TPSA) is 8.81 Å². The number of aryl methyl sites for hydroxylation is 1. The van der Waals surface area contributed by atoms with Crippen LogP contribution in [0.4, 0.5) is 0 Å². The average Bonchev–Trinajstić information content (AvgIpc) is 2.92. The summed E-state index contributed by atoms with van der Waals surface area (Å²) in [5.74, 6) is 1.73. The zero-order valence-corrected chi connectivity index (χ0v) is 16.4. The quantitative estimate of drug-likeness (QED) is 0.308. The van der Waals surface area contributed by atoms with E-state index < -0.39 is 0 Å². The van der Waals surface area contributed by atoms with Gasteiger partial charge in [-0.2, -0.15) is 0 Å². The molecule has 0 aliphatic heterocycles. The lowest BCUT2D eigenvalue weighted by atomic mass is 9.93. The molecule has 1 rings (SSSR count). The van der Waals surface area contributed by atoms with Crippen LogP contribution in [0.2, 0.25) is 0 Å². The van der Waals surface area contributed by atoms with Crippen molar-refractivity contribution in [2.24, 2.45) is 18.9 Å². The van der Waals surface area contributed by atoms with Crippen LogP contribution in [0, 0.1) is 11.8 Å². The minimum Gasteiger partial charge on any atom is -0.240 e. The van der Waals surface area contributed by atoms with Crippen molar-refractivity contribution < 1.29 is 4.57 Å².